The van der Waals surface area contributed by atoms with Gasteiger partial charge in [-0.15, -0.1) is 0 Å². The number of carbonyl (C=O) groups is 2. The van der Waals surface area contributed by atoms with Crippen LogP contribution >= 0.6 is 0 Å². The van der Waals surface area contributed by atoms with Crippen molar-refractivity contribution in [3.05, 3.63) is 66.0 Å². The molecule has 0 unspecified atom stereocenters. The maximum atomic E-state index is 12.0. The lowest BCUT2D eigenvalue weighted by atomic mass is 10.0. The summed E-state index contributed by atoms with van der Waals surface area (Å²) in [6.45, 7) is 0. The first-order chi connectivity index (χ1) is 10.7. The first kappa shape index (κ1) is 15.7. The van der Waals surface area contributed by atoms with Crippen LogP contribution in [-0.2, 0) is 11.2 Å². The van der Waals surface area contributed by atoms with Gasteiger partial charge >= 0.3 is 5.97 Å². The molecule has 0 saturated heterocycles. The summed E-state index contributed by atoms with van der Waals surface area (Å²) in [4.78, 5) is 27.1. The largest absolute Gasteiger partial charge is 0.480 e. The molecular formula is C17H18N2O3. The molecule has 1 aromatic heterocycles. The zero-order valence-corrected chi connectivity index (χ0v) is 12.1. The highest BCUT2D eigenvalue weighted by Gasteiger charge is 2.20. The molecule has 0 saturated carbocycles. The average Bonchev–Trinajstić information content (AvgIpc) is 2.55. The minimum atomic E-state index is -1.02. The first-order valence-electron chi connectivity index (χ1n) is 7.14. The molecule has 5 heteroatoms. The molecule has 0 bridgehead atoms. The number of nitrogens with one attached hydrogen (secondary N) is 1. The van der Waals surface area contributed by atoms with Gasteiger partial charge in [0.25, 0.3) is 5.91 Å². The third-order valence-corrected chi connectivity index (χ3v) is 3.35. The van der Waals surface area contributed by atoms with Gasteiger partial charge in [-0.3, -0.25) is 9.78 Å². The second kappa shape index (κ2) is 7.93. The number of hydrogen-bond acceptors (Lipinski definition) is 3. The lowest BCUT2D eigenvalue weighted by Crippen LogP contribution is -2.40. The Balaban J connectivity index is 1.87. The lowest BCUT2D eigenvalue weighted by molar-refractivity contribution is -0.139. The zero-order valence-electron chi connectivity index (χ0n) is 12.1. The van der Waals surface area contributed by atoms with Gasteiger partial charge in [-0.05, 0) is 37.0 Å². The number of hydrogen-bond donors (Lipinski definition) is 2. The summed E-state index contributed by atoms with van der Waals surface area (Å²) < 4.78 is 0. The lowest BCUT2D eigenvalue weighted by Gasteiger charge is -2.14. The molecule has 1 atom stereocenters. The number of pyridine rings is 1. The maximum Gasteiger partial charge on any atom is 0.326 e. The number of nitrogens with zero attached hydrogens (tertiary/aromatic N) is 1. The molecule has 114 valence electrons. The summed E-state index contributed by atoms with van der Waals surface area (Å²) in [6.07, 6.45) is 4.87. The number of aliphatic carboxylic acids is 1. The van der Waals surface area contributed by atoms with Crippen molar-refractivity contribution < 1.29 is 14.7 Å². The van der Waals surface area contributed by atoms with Crippen LogP contribution < -0.4 is 5.32 Å². The van der Waals surface area contributed by atoms with E-state index in [0.29, 0.717) is 18.4 Å². The Morgan fingerprint density at radius 2 is 1.77 bits per heavy atom. The molecule has 0 spiro atoms. The number of carboxylic acids is 1. The van der Waals surface area contributed by atoms with E-state index in [-0.39, 0.29) is 0 Å². The molecule has 0 fully saturated rings. The van der Waals surface area contributed by atoms with Gasteiger partial charge in [0.05, 0.1) is 0 Å². The number of aromatic nitrogens is 1. The highest BCUT2D eigenvalue weighted by atomic mass is 16.4. The summed E-state index contributed by atoms with van der Waals surface area (Å²) in [6, 6.07) is 12.1. The minimum absolute atomic E-state index is 0.390. The van der Waals surface area contributed by atoms with Gasteiger partial charge in [-0.2, -0.15) is 0 Å². The summed E-state index contributed by atoms with van der Waals surface area (Å²) in [5, 5.41) is 11.8. The fourth-order valence-electron chi connectivity index (χ4n) is 2.16. The third kappa shape index (κ3) is 4.70. The maximum absolute atomic E-state index is 12.0. The van der Waals surface area contributed by atoms with Crippen molar-refractivity contribution >= 4 is 11.9 Å². The average molecular weight is 298 g/mol. The number of amides is 1. The molecule has 2 rings (SSSR count). The molecule has 22 heavy (non-hydrogen) atoms. The molecule has 2 aromatic rings. The Kier molecular flexibility index (Phi) is 5.65. The van der Waals surface area contributed by atoms with Crippen LogP contribution in [-0.4, -0.2) is 28.0 Å². The van der Waals surface area contributed by atoms with Crippen LogP contribution in [0.2, 0.25) is 0 Å². The van der Waals surface area contributed by atoms with Crippen molar-refractivity contribution in [1.29, 1.82) is 0 Å². The summed E-state index contributed by atoms with van der Waals surface area (Å²) >= 11 is 0. The normalized spacial score (nSPS) is 11.6. The molecule has 0 radical (unpaired) electrons. The van der Waals surface area contributed by atoms with Gasteiger partial charge in [0.2, 0.25) is 0 Å². The van der Waals surface area contributed by atoms with Crippen LogP contribution in [0.3, 0.4) is 0 Å². The number of benzene rings is 1. The minimum Gasteiger partial charge on any atom is -0.480 e. The van der Waals surface area contributed by atoms with E-state index in [4.69, 9.17) is 0 Å². The van der Waals surface area contributed by atoms with Crippen LogP contribution in [0.5, 0.6) is 0 Å². The Bertz CT molecular complexity index is 614. The van der Waals surface area contributed by atoms with Crippen molar-refractivity contribution in [3.8, 4) is 0 Å². The molecule has 1 aromatic carbocycles. The second-order valence-electron chi connectivity index (χ2n) is 4.98. The Morgan fingerprint density at radius 3 is 2.41 bits per heavy atom. The van der Waals surface area contributed by atoms with E-state index in [1.54, 1.807) is 12.1 Å². The Labute approximate surface area is 129 Å². The molecule has 5 nitrogen and oxygen atoms in total. The summed E-state index contributed by atoms with van der Waals surface area (Å²) in [7, 11) is 0. The Hall–Kier alpha value is -2.69. The van der Waals surface area contributed by atoms with Crippen molar-refractivity contribution in [3.63, 3.8) is 0 Å². The number of carbonyl (C=O) groups excluding carboxylic acids is 1. The standard InChI is InChI=1S/C17H18N2O3/c20-16(14-9-11-18-12-10-14)19-15(17(21)22)8-4-7-13-5-2-1-3-6-13/h1-3,5-6,9-12,15H,4,7-8H2,(H,19,20)(H,21,22)/t15-/m0/s1. The number of aryl methyl sites for hydroxylation is 1. The molecular weight excluding hydrogens is 280 g/mol. The fraction of sp³-hybridized carbons (Fsp3) is 0.235. The van der Waals surface area contributed by atoms with Gasteiger partial charge in [-0.25, -0.2) is 4.79 Å². The molecule has 1 amide bonds. The van der Waals surface area contributed by atoms with Gasteiger partial charge in [0, 0.05) is 18.0 Å². The van der Waals surface area contributed by atoms with Crippen molar-refractivity contribution in [2.24, 2.45) is 0 Å². The van der Waals surface area contributed by atoms with E-state index in [1.165, 1.54) is 12.4 Å². The van der Waals surface area contributed by atoms with Gasteiger partial charge in [0.1, 0.15) is 6.04 Å². The Morgan fingerprint density at radius 1 is 1.09 bits per heavy atom. The van der Waals surface area contributed by atoms with Crippen LogP contribution in [0, 0.1) is 0 Å². The van der Waals surface area contributed by atoms with E-state index in [9.17, 15) is 14.7 Å². The van der Waals surface area contributed by atoms with Crippen molar-refractivity contribution in [1.82, 2.24) is 10.3 Å². The van der Waals surface area contributed by atoms with Crippen molar-refractivity contribution in [2.75, 3.05) is 0 Å². The SMILES string of the molecule is O=C(N[C@@H](CCCc1ccccc1)C(=O)O)c1ccncc1. The predicted molar refractivity (Wildman–Crippen MR) is 82.5 cm³/mol. The quantitative estimate of drug-likeness (QED) is 0.822. The molecule has 0 aliphatic heterocycles. The van der Waals surface area contributed by atoms with E-state index >= 15 is 0 Å². The molecule has 1 heterocycles. The predicted octanol–water partition coefficient (Wildman–Crippen LogP) is 2.29. The summed E-state index contributed by atoms with van der Waals surface area (Å²) in [5.74, 6) is -1.41. The van der Waals surface area contributed by atoms with Gasteiger partial charge in [-0.1, -0.05) is 30.3 Å². The first-order valence-corrected chi connectivity index (χ1v) is 7.14. The van der Waals surface area contributed by atoms with Crippen LogP contribution in [0.15, 0.2) is 54.9 Å². The number of carboxylic acid groups (broad SMARTS) is 1. The van der Waals surface area contributed by atoms with E-state index < -0.39 is 17.9 Å². The van der Waals surface area contributed by atoms with Gasteiger partial charge < -0.3 is 10.4 Å². The van der Waals surface area contributed by atoms with E-state index in [0.717, 1.165) is 12.0 Å². The topological polar surface area (TPSA) is 79.3 Å². The van der Waals surface area contributed by atoms with E-state index in [2.05, 4.69) is 10.3 Å². The fourth-order valence-corrected chi connectivity index (χ4v) is 2.16. The highest BCUT2D eigenvalue weighted by molar-refractivity contribution is 5.96. The smallest absolute Gasteiger partial charge is 0.326 e. The van der Waals surface area contributed by atoms with E-state index in [1.807, 2.05) is 30.3 Å². The van der Waals surface area contributed by atoms with Crippen molar-refractivity contribution in [2.45, 2.75) is 25.3 Å². The molecule has 0 aliphatic carbocycles. The van der Waals surface area contributed by atoms with Gasteiger partial charge in [0.15, 0.2) is 0 Å². The molecule has 0 aliphatic rings. The van der Waals surface area contributed by atoms with Crippen LogP contribution in [0.4, 0.5) is 0 Å². The number of rotatable bonds is 7. The van der Waals surface area contributed by atoms with Crippen LogP contribution in [0.1, 0.15) is 28.8 Å². The second-order valence-corrected chi connectivity index (χ2v) is 4.98. The van der Waals surface area contributed by atoms with Crippen LogP contribution in [0.25, 0.3) is 0 Å². The highest BCUT2D eigenvalue weighted by Crippen LogP contribution is 2.08. The monoisotopic (exact) mass is 298 g/mol. The summed E-state index contributed by atoms with van der Waals surface area (Å²) in [5.41, 5.74) is 1.57. The zero-order chi connectivity index (χ0) is 15.8. The third-order valence-electron chi connectivity index (χ3n) is 3.35. The molecule has 2 N–H and O–H groups in total.